The molecule has 0 amide bonds. The molecule has 0 aliphatic carbocycles. The maximum absolute atomic E-state index is 11.1. The van der Waals surface area contributed by atoms with E-state index in [1.165, 1.54) is 12.1 Å². The van der Waals surface area contributed by atoms with Gasteiger partial charge in [-0.2, -0.15) is 5.26 Å². The van der Waals surface area contributed by atoms with Crippen LogP contribution in [-0.2, 0) is 0 Å². The highest BCUT2D eigenvalue weighted by molar-refractivity contribution is 5.73. The number of rotatable bonds is 6. The molecule has 0 spiro atoms. The van der Waals surface area contributed by atoms with E-state index in [0.717, 1.165) is 5.56 Å². The van der Waals surface area contributed by atoms with Crippen molar-refractivity contribution in [2.75, 3.05) is 13.7 Å². The first-order valence-electron chi connectivity index (χ1n) is 9.69. The zero-order valence-corrected chi connectivity index (χ0v) is 17.3. The third-order valence-corrected chi connectivity index (χ3v) is 5.13. The number of nitriles is 1. The van der Waals surface area contributed by atoms with Gasteiger partial charge in [0.2, 0.25) is 11.8 Å². The van der Waals surface area contributed by atoms with Gasteiger partial charge in [-0.1, -0.05) is 12.1 Å². The Morgan fingerprint density at radius 3 is 2.66 bits per heavy atom. The minimum atomic E-state index is -0.629. The number of hydrogen-bond acceptors (Lipinski definition) is 8. The molecule has 2 heterocycles. The summed E-state index contributed by atoms with van der Waals surface area (Å²) in [5, 5.41) is 28.0. The van der Waals surface area contributed by atoms with E-state index in [1.807, 2.05) is 13.0 Å². The molecule has 4 rings (SSSR count). The Morgan fingerprint density at radius 2 is 2.03 bits per heavy atom. The Hall–Kier alpha value is -4.52. The SMILES string of the molecule is CCOc1ccc(-c2[nH]nc3c2C(c2ccc([N+](=O)[O-])cc2)C(C#N)=C(N)O3)cc1OC. The summed E-state index contributed by atoms with van der Waals surface area (Å²) in [5.74, 6) is 0.665. The van der Waals surface area contributed by atoms with Crippen LogP contribution in [-0.4, -0.2) is 28.8 Å². The number of nitrogens with one attached hydrogen (secondary N) is 1. The normalized spacial score (nSPS) is 14.8. The molecule has 0 bridgehead atoms. The maximum Gasteiger partial charge on any atom is 0.269 e. The number of nitro benzene ring substituents is 1. The van der Waals surface area contributed by atoms with Crippen molar-refractivity contribution in [2.45, 2.75) is 12.8 Å². The first-order chi connectivity index (χ1) is 15.5. The number of nitrogens with two attached hydrogens (primary N) is 1. The molecular formula is C22H19N5O5. The molecule has 3 N–H and O–H groups in total. The van der Waals surface area contributed by atoms with Crippen molar-refractivity contribution in [3.05, 3.63) is 75.2 Å². The quantitative estimate of drug-likeness (QED) is 0.442. The van der Waals surface area contributed by atoms with Crippen LogP contribution in [0.3, 0.4) is 0 Å². The third-order valence-electron chi connectivity index (χ3n) is 5.13. The number of non-ortho nitro benzene ring substituents is 1. The molecule has 1 atom stereocenters. The maximum atomic E-state index is 11.1. The van der Waals surface area contributed by atoms with Crippen molar-refractivity contribution in [1.29, 1.82) is 5.26 Å². The highest BCUT2D eigenvalue weighted by atomic mass is 16.6. The number of aromatic amines is 1. The number of hydrogen-bond donors (Lipinski definition) is 2. The van der Waals surface area contributed by atoms with Crippen LogP contribution >= 0.6 is 0 Å². The Kier molecular flexibility index (Phi) is 5.39. The van der Waals surface area contributed by atoms with E-state index in [1.54, 1.807) is 31.4 Å². The molecule has 2 aromatic carbocycles. The molecule has 1 aromatic heterocycles. The molecule has 1 aliphatic heterocycles. The summed E-state index contributed by atoms with van der Waals surface area (Å²) in [6.07, 6.45) is 0. The van der Waals surface area contributed by atoms with E-state index >= 15 is 0 Å². The molecule has 0 fully saturated rings. The average Bonchev–Trinajstić information content (AvgIpc) is 3.22. The van der Waals surface area contributed by atoms with Crippen LogP contribution < -0.4 is 19.9 Å². The second-order valence-electron chi connectivity index (χ2n) is 6.89. The largest absolute Gasteiger partial charge is 0.493 e. The van der Waals surface area contributed by atoms with Gasteiger partial charge in [-0.3, -0.25) is 15.2 Å². The fraction of sp³-hybridized carbons (Fsp3) is 0.182. The summed E-state index contributed by atoms with van der Waals surface area (Å²) in [5.41, 5.74) is 8.69. The monoisotopic (exact) mass is 433 g/mol. The van der Waals surface area contributed by atoms with Gasteiger partial charge >= 0.3 is 0 Å². The first kappa shape index (κ1) is 20.7. The van der Waals surface area contributed by atoms with Gasteiger partial charge in [0.25, 0.3) is 5.69 Å². The number of nitro groups is 1. The number of allylic oxidation sites excluding steroid dienone is 1. The van der Waals surface area contributed by atoms with Gasteiger partial charge in [-0.05, 0) is 30.7 Å². The summed E-state index contributed by atoms with van der Waals surface area (Å²) in [6, 6.07) is 13.5. The number of methoxy groups -OCH3 is 1. The molecule has 0 saturated heterocycles. The Morgan fingerprint density at radius 1 is 1.28 bits per heavy atom. The zero-order valence-electron chi connectivity index (χ0n) is 17.3. The van der Waals surface area contributed by atoms with Crippen LogP contribution in [0.1, 0.15) is 24.0 Å². The lowest BCUT2D eigenvalue weighted by atomic mass is 9.83. The lowest BCUT2D eigenvalue weighted by molar-refractivity contribution is -0.384. The number of benzene rings is 2. The molecule has 1 aliphatic rings. The predicted molar refractivity (Wildman–Crippen MR) is 114 cm³/mol. The molecule has 0 radical (unpaired) electrons. The number of ether oxygens (including phenoxy) is 3. The third kappa shape index (κ3) is 3.45. The second kappa shape index (κ2) is 8.31. The number of H-pyrrole nitrogens is 1. The molecule has 3 aromatic rings. The lowest BCUT2D eigenvalue weighted by Gasteiger charge is -2.24. The van der Waals surface area contributed by atoms with E-state index in [-0.39, 0.29) is 23.0 Å². The molecule has 162 valence electrons. The second-order valence-corrected chi connectivity index (χ2v) is 6.89. The Bertz CT molecular complexity index is 1260. The summed E-state index contributed by atoms with van der Waals surface area (Å²) in [4.78, 5) is 10.6. The van der Waals surface area contributed by atoms with Crippen molar-refractivity contribution < 1.29 is 19.1 Å². The molecule has 10 nitrogen and oxygen atoms in total. The summed E-state index contributed by atoms with van der Waals surface area (Å²) >= 11 is 0. The first-order valence-corrected chi connectivity index (χ1v) is 9.69. The minimum Gasteiger partial charge on any atom is -0.493 e. The van der Waals surface area contributed by atoms with E-state index in [9.17, 15) is 15.4 Å². The Balaban J connectivity index is 1.87. The van der Waals surface area contributed by atoms with Crippen molar-refractivity contribution in [1.82, 2.24) is 10.2 Å². The van der Waals surface area contributed by atoms with E-state index in [0.29, 0.717) is 34.9 Å². The van der Waals surface area contributed by atoms with Gasteiger partial charge in [0.05, 0.1) is 35.8 Å². The minimum absolute atomic E-state index is 0.0554. The molecular weight excluding hydrogens is 414 g/mol. The molecule has 0 saturated carbocycles. The van der Waals surface area contributed by atoms with Crippen LogP contribution in [0.4, 0.5) is 5.69 Å². The number of nitrogens with zero attached hydrogens (tertiary/aromatic N) is 3. The van der Waals surface area contributed by atoms with Gasteiger partial charge < -0.3 is 19.9 Å². The van der Waals surface area contributed by atoms with Crippen LogP contribution in [0.15, 0.2) is 53.9 Å². The van der Waals surface area contributed by atoms with Crippen LogP contribution in [0.2, 0.25) is 0 Å². The highest BCUT2D eigenvalue weighted by Gasteiger charge is 2.36. The van der Waals surface area contributed by atoms with Gasteiger partial charge in [0, 0.05) is 17.7 Å². The van der Waals surface area contributed by atoms with Crippen molar-refractivity contribution in [3.63, 3.8) is 0 Å². The topological polar surface area (TPSA) is 149 Å². The van der Waals surface area contributed by atoms with Crippen LogP contribution in [0.25, 0.3) is 11.3 Å². The zero-order chi connectivity index (χ0) is 22.8. The molecule has 1 unspecified atom stereocenters. The highest BCUT2D eigenvalue weighted by Crippen LogP contribution is 2.46. The van der Waals surface area contributed by atoms with Crippen molar-refractivity contribution in [2.24, 2.45) is 5.73 Å². The van der Waals surface area contributed by atoms with E-state index in [2.05, 4.69) is 16.3 Å². The average molecular weight is 433 g/mol. The number of fused-ring (bicyclic) bond motifs is 1. The Labute approximate surface area is 183 Å². The lowest BCUT2D eigenvalue weighted by Crippen LogP contribution is -2.21. The predicted octanol–water partition coefficient (Wildman–Crippen LogP) is 3.61. The van der Waals surface area contributed by atoms with E-state index < -0.39 is 10.8 Å². The summed E-state index contributed by atoms with van der Waals surface area (Å²) < 4.78 is 16.6. The van der Waals surface area contributed by atoms with Crippen LogP contribution in [0.5, 0.6) is 17.4 Å². The van der Waals surface area contributed by atoms with Gasteiger partial charge in [0.1, 0.15) is 11.6 Å². The summed E-state index contributed by atoms with van der Waals surface area (Å²) in [6.45, 7) is 2.37. The van der Waals surface area contributed by atoms with Gasteiger partial charge in [-0.15, -0.1) is 5.10 Å². The van der Waals surface area contributed by atoms with E-state index in [4.69, 9.17) is 19.9 Å². The van der Waals surface area contributed by atoms with Gasteiger partial charge in [-0.25, -0.2) is 0 Å². The molecule has 32 heavy (non-hydrogen) atoms. The standard InChI is InChI=1S/C22H19N5O5/c1-3-31-16-9-6-13(10-17(16)30-2)20-19-18(12-4-7-14(8-5-12)27(28)29)15(11-23)21(24)32-22(19)26-25-20/h4-10,18H,3,24H2,1-2H3,(H,25,26). The number of aromatic nitrogens is 2. The fourth-order valence-electron chi connectivity index (χ4n) is 3.68. The molecule has 10 heteroatoms. The van der Waals surface area contributed by atoms with Gasteiger partial charge in [0.15, 0.2) is 11.5 Å². The smallest absolute Gasteiger partial charge is 0.269 e. The van der Waals surface area contributed by atoms with Crippen molar-refractivity contribution in [3.8, 4) is 34.7 Å². The fourth-order valence-corrected chi connectivity index (χ4v) is 3.68. The summed E-state index contributed by atoms with van der Waals surface area (Å²) in [7, 11) is 1.55. The van der Waals surface area contributed by atoms with Crippen molar-refractivity contribution >= 4 is 5.69 Å². The van der Waals surface area contributed by atoms with Crippen LogP contribution in [0, 0.1) is 21.4 Å².